The van der Waals surface area contributed by atoms with Gasteiger partial charge < -0.3 is 8.74 Å². The molecule has 0 aromatic carbocycles. The SMILES string of the molecule is CC(C)(C)C(=O)OS(=O)[O-]. The third-order valence-electron chi connectivity index (χ3n) is 0.756. The van der Waals surface area contributed by atoms with Gasteiger partial charge in [-0.2, -0.15) is 0 Å². The molecule has 0 radical (unpaired) electrons. The molecule has 0 saturated heterocycles. The first-order valence-corrected chi connectivity index (χ1v) is 3.66. The Morgan fingerprint density at radius 1 is 1.50 bits per heavy atom. The topological polar surface area (TPSA) is 66.4 Å². The molecule has 0 aliphatic heterocycles. The van der Waals surface area contributed by atoms with Crippen LogP contribution in [0.1, 0.15) is 20.8 Å². The van der Waals surface area contributed by atoms with Crippen molar-refractivity contribution in [1.29, 1.82) is 0 Å². The number of rotatable bonds is 1. The van der Waals surface area contributed by atoms with Gasteiger partial charge in [-0.25, -0.2) is 4.21 Å². The predicted octanol–water partition coefficient (Wildman–Crippen LogP) is 0.370. The van der Waals surface area contributed by atoms with Crippen molar-refractivity contribution in [2.75, 3.05) is 0 Å². The van der Waals surface area contributed by atoms with Crippen LogP contribution in [-0.2, 0) is 20.3 Å². The third kappa shape index (κ3) is 3.58. The molecule has 1 unspecified atom stereocenters. The molecule has 0 aliphatic carbocycles. The second-order valence-corrected chi connectivity index (χ2v) is 3.40. The Balaban J connectivity index is 3.99. The summed E-state index contributed by atoms with van der Waals surface area (Å²) in [6.07, 6.45) is 0. The van der Waals surface area contributed by atoms with Gasteiger partial charge >= 0.3 is 5.97 Å². The zero-order chi connectivity index (χ0) is 8.36. The molecule has 10 heavy (non-hydrogen) atoms. The maximum absolute atomic E-state index is 10.7. The molecule has 0 heterocycles. The molecule has 0 aliphatic rings. The molecule has 1 atom stereocenters. The van der Waals surface area contributed by atoms with Crippen LogP contribution in [0.3, 0.4) is 0 Å². The summed E-state index contributed by atoms with van der Waals surface area (Å²) in [6.45, 7) is 4.71. The lowest BCUT2D eigenvalue weighted by Crippen LogP contribution is -2.23. The third-order valence-corrected chi connectivity index (χ3v) is 1.04. The average Bonchev–Trinajstić information content (AvgIpc) is 1.60. The minimum atomic E-state index is -2.74. The fraction of sp³-hybridized carbons (Fsp3) is 0.800. The van der Waals surface area contributed by atoms with Crippen molar-refractivity contribution in [3.8, 4) is 0 Å². The first kappa shape index (κ1) is 9.58. The van der Waals surface area contributed by atoms with Crippen LogP contribution in [0.2, 0.25) is 0 Å². The number of carbonyl (C=O) groups is 1. The van der Waals surface area contributed by atoms with Crippen molar-refractivity contribution in [2.24, 2.45) is 5.41 Å². The summed E-state index contributed by atoms with van der Waals surface area (Å²) < 4.78 is 23.5. The Bertz CT molecular complexity index is 158. The fourth-order valence-electron chi connectivity index (χ4n) is 0.187. The molecular formula is C5H9O4S-. The lowest BCUT2D eigenvalue weighted by Gasteiger charge is -2.16. The van der Waals surface area contributed by atoms with Crippen molar-refractivity contribution in [3.05, 3.63) is 0 Å². The highest BCUT2D eigenvalue weighted by molar-refractivity contribution is 7.74. The van der Waals surface area contributed by atoms with Gasteiger partial charge in [0.25, 0.3) is 0 Å². The van der Waals surface area contributed by atoms with Gasteiger partial charge in [-0.3, -0.25) is 4.79 Å². The Hall–Kier alpha value is -0.420. The summed E-state index contributed by atoms with van der Waals surface area (Å²) in [7, 11) is 0. The molecule has 0 bridgehead atoms. The molecule has 0 amide bonds. The van der Waals surface area contributed by atoms with Crippen LogP contribution in [-0.4, -0.2) is 14.7 Å². The van der Waals surface area contributed by atoms with E-state index in [4.69, 9.17) is 0 Å². The van der Waals surface area contributed by atoms with E-state index in [1.807, 2.05) is 0 Å². The molecule has 5 heteroatoms. The van der Waals surface area contributed by atoms with Crippen LogP contribution >= 0.6 is 0 Å². The number of carbonyl (C=O) groups excluding carboxylic acids is 1. The highest BCUT2D eigenvalue weighted by atomic mass is 32.2. The van der Waals surface area contributed by atoms with Crippen molar-refractivity contribution < 1.29 is 17.7 Å². The van der Waals surface area contributed by atoms with Gasteiger partial charge in [0, 0.05) is 0 Å². The van der Waals surface area contributed by atoms with Gasteiger partial charge in [0.1, 0.15) is 11.4 Å². The summed E-state index contributed by atoms with van der Waals surface area (Å²) in [6, 6.07) is 0. The molecule has 0 N–H and O–H groups in total. The van der Waals surface area contributed by atoms with Crippen molar-refractivity contribution in [3.63, 3.8) is 0 Å². The highest BCUT2D eigenvalue weighted by Gasteiger charge is 2.23. The highest BCUT2D eigenvalue weighted by Crippen LogP contribution is 2.15. The van der Waals surface area contributed by atoms with E-state index in [1.54, 1.807) is 20.8 Å². The van der Waals surface area contributed by atoms with E-state index < -0.39 is 22.7 Å². The van der Waals surface area contributed by atoms with Crippen molar-refractivity contribution in [2.45, 2.75) is 20.8 Å². The van der Waals surface area contributed by atoms with Crippen LogP contribution in [0, 0.1) is 5.41 Å². The summed E-state index contributed by atoms with van der Waals surface area (Å²) in [5.41, 5.74) is -0.764. The number of hydrogen-bond donors (Lipinski definition) is 0. The Labute approximate surface area is 62.1 Å². The Morgan fingerprint density at radius 2 is 1.90 bits per heavy atom. The summed E-state index contributed by atoms with van der Waals surface area (Å²) in [5, 5.41) is 0. The zero-order valence-corrected chi connectivity index (χ0v) is 6.86. The second-order valence-electron chi connectivity index (χ2n) is 2.82. The maximum atomic E-state index is 10.7. The molecule has 60 valence electrons. The smallest absolute Gasteiger partial charge is 0.324 e. The molecule has 0 spiro atoms. The van der Waals surface area contributed by atoms with Crippen LogP contribution in [0.15, 0.2) is 0 Å². The first-order chi connectivity index (χ1) is 4.34. The fourth-order valence-corrected chi connectivity index (χ4v) is 0.560. The van der Waals surface area contributed by atoms with E-state index in [2.05, 4.69) is 4.18 Å². The molecule has 4 nitrogen and oxygen atoms in total. The average molecular weight is 165 g/mol. The normalized spacial score (nSPS) is 14.4. The quantitative estimate of drug-likeness (QED) is 0.526. The van der Waals surface area contributed by atoms with Gasteiger partial charge in [0.15, 0.2) is 0 Å². The van der Waals surface area contributed by atoms with Gasteiger partial charge in [-0.1, -0.05) is 0 Å². The Morgan fingerprint density at radius 3 is 2.00 bits per heavy atom. The van der Waals surface area contributed by atoms with E-state index in [0.29, 0.717) is 0 Å². The van der Waals surface area contributed by atoms with Crippen LogP contribution in [0.25, 0.3) is 0 Å². The first-order valence-electron chi connectivity index (χ1n) is 2.66. The van der Waals surface area contributed by atoms with Crippen LogP contribution in [0.5, 0.6) is 0 Å². The van der Waals surface area contributed by atoms with Gasteiger partial charge in [0.2, 0.25) is 0 Å². The zero-order valence-electron chi connectivity index (χ0n) is 6.04. The summed E-state index contributed by atoms with van der Waals surface area (Å²) in [5.74, 6) is -0.749. The molecule has 0 saturated carbocycles. The molecule has 0 aromatic heterocycles. The van der Waals surface area contributed by atoms with E-state index in [1.165, 1.54) is 0 Å². The minimum Gasteiger partial charge on any atom is -0.740 e. The van der Waals surface area contributed by atoms with E-state index >= 15 is 0 Å². The van der Waals surface area contributed by atoms with Gasteiger partial charge in [-0.05, 0) is 20.8 Å². The number of hydrogen-bond acceptors (Lipinski definition) is 4. The maximum Gasteiger partial charge on any atom is 0.324 e. The van der Waals surface area contributed by atoms with E-state index in [0.717, 1.165) is 0 Å². The lowest BCUT2D eigenvalue weighted by atomic mass is 9.98. The van der Waals surface area contributed by atoms with Crippen molar-refractivity contribution >= 4 is 17.3 Å². The summed E-state index contributed by atoms with van der Waals surface area (Å²) in [4.78, 5) is 10.7. The van der Waals surface area contributed by atoms with Gasteiger partial charge in [-0.15, -0.1) is 0 Å². The van der Waals surface area contributed by atoms with E-state index in [-0.39, 0.29) is 0 Å². The Kier molecular flexibility index (Phi) is 2.98. The van der Waals surface area contributed by atoms with Crippen molar-refractivity contribution in [1.82, 2.24) is 0 Å². The van der Waals surface area contributed by atoms with Gasteiger partial charge in [0.05, 0.1) is 5.41 Å². The van der Waals surface area contributed by atoms with E-state index in [9.17, 15) is 13.6 Å². The summed E-state index contributed by atoms with van der Waals surface area (Å²) >= 11 is -2.74. The second kappa shape index (κ2) is 3.12. The molecule has 0 fully saturated rings. The largest absolute Gasteiger partial charge is 0.740 e. The molecular weight excluding hydrogens is 156 g/mol. The predicted molar refractivity (Wildman–Crippen MR) is 34.5 cm³/mol. The minimum absolute atomic E-state index is 0.749. The monoisotopic (exact) mass is 165 g/mol. The standard InChI is InChI=1S/C5H10O4S/c1-5(2,3)4(6)9-10(7)8/h1-3H3,(H,7,8)/p-1. The molecule has 0 aromatic rings. The van der Waals surface area contributed by atoms with Crippen LogP contribution < -0.4 is 0 Å². The molecule has 0 rings (SSSR count). The lowest BCUT2D eigenvalue weighted by molar-refractivity contribution is -0.142. The van der Waals surface area contributed by atoms with Crippen LogP contribution in [0.4, 0.5) is 0 Å².